The van der Waals surface area contributed by atoms with Crippen LogP contribution in [0.3, 0.4) is 0 Å². The average molecular weight is 597 g/mol. The normalized spacial score (nSPS) is 25.4. The zero-order valence-electron chi connectivity index (χ0n) is 21.6. The maximum absolute atomic E-state index is 13.5. The minimum atomic E-state index is -1.51. The molecule has 0 bridgehead atoms. The molecule has 1 amide bonds. The van der Waals surface area contributed by atoms with E-state index in [2.05, 4.69) is 0 Å². The molecule has 0 saturated carbocycles. The molecule has 14 nitrogen and oxygen atoms in total. The summed E-state index contributed by atoms with van der Waals surface area (Å²) in [5, 5.41) is 10.9. The molecule has 2 heterocycles. The van der Waals surface area contributed by atoms with Crippen molar-refractivity contribution in [2.45, 2.75) is 58.3 Å². The zero-order chi connectivity index (χ0) is 29.7. The highest BCUT2D eigenvalue weighted by atomic mass is 32.2. The lowest BCUT2D eigenvalue weighted by atomic mass is 9.96. The summed E-state index contributed by atoms with van der Waals surface area (Å²) in [4.78, 5) is 72.6. The third-order valence-electron chi connectivity index (χ3n) is 5.45. The Hall–Kier alpha value is -3.89. The molecule has 2 aliphatic rings. The Morgan fingerprint density at radius 1 is 0.975 bits per heavy atom. The minimum absolute atomic E-state index is 0.0148. The third-order valence-corrected chi connectivity index (χ3v) is 6.78. The van der Waals surface area contributed by atoms with Gasteiger partial charge in [-0.25, -0.2) is 0 Å². The van der Waals surface area contributed by atoms with Crippen LogP contribution in [0.15, 0.2) is 29.2 Å². The molecular weight excluding hydrogens is 572 g/mol. The van der Waals surface area contributed by atoms with Crippen LogP contribution in [-0.4, -0.2) is 81.2 Å². The van der Waals surface area contributed by atoms with E-state index in [-0.39, 0.29) is 14.9 Å². The second kappa shape index (κ2) is 13.0. The number of ether oxygens (including phenoxy) is 5. The van der Waals surface area contributed by atoms with Crippen LogP contribution in [-0.2, 0) is 47.7 Å². The molecule has 0 aromatic heterocycles. The van der Waals surface area contributed by atoms with E-state index in [1.54, 1.807) is 0 Å². The van der Waals surface area contributed by atoms with Gasteiger partial charge >= 0.3 is 23.9 Å². The molecule has 1 aromatic rings. The molecule has 5 atom stereocenters. The first-order valence-electron chi connectivity index (χ1n) is 11.6. The first-order chi connectivity index (χ1) is 18.8. The van der Waals surface area contributed by atoms with Crippen LogP contribution in [0.25, 0.3) is 6.08 Å². The number of thioether (sulfide) groups is 1. The fourth-order valence-electron chi connectivity index (χ4n) is 3.96. The van der Waals surface area contributed by atoms with Crippen LogP contribution in [0.1, 0.15) is 33.3 Å². The monoisotopic (exact) mass is 596 g/mol. The van der Waals surface area contributed by atoms with Gasteiger partial charge in [0, 0.05) is 39.8 Å². The Kier molecular flexibility index (Phi) is 9.94. The van der Waals surface area contributed by atoms with Crippen molar-refractivity contribution in [1.29, 1.82) is 0 Å². The number of esters is 4. The van der Waals surface area contributed by atoms with E-state index in [0.717, 1.165) is 44.4 Å². The van der Waals surface area contributed by atoms with Crippen molar-refractivity contribution >= 4 is 69.8 Å². The summed E-state index contributed by atoms with van der Waals surface area (Å²) in [5.41, 5.74) is 0.329. The topological polar surface area (TPSA) is 178 Å². The van der Waals surface area contributed by atoms with Crippen molar-refractivity contribution in [3.8, 4) is 0 Å². The Morgan fingerprint density at radius 2 is 1.52 bits per heavy atom. The molecule has 40 heavy (non-hydrogen) atoms. The zero-order valence-corrected chi connectivity index (χ0v) is 23.2. The molecule has 2 aliphatic heterocycles. The number of benzene rings is 1. The van der Waals surface area contributed by atoms with E-state index in [1.165, 1.54) is 30.3 Å². The number of hydrogen-bond donors (Lipinski definition) is 0. The van der Waals surface area contributed by atoms with Crippen LogP contribution >= 0.6 is 24.0 Å². The van der Waals surface area contributed by atoms with Crippen molar-refractivity contribution in [3.05, 3.63) is 44.8 Å². The lowest BCUT2D eigenvalue weighted by Crippen LogP contribution is -2.66. The number of nitrogens with zero attached hydrogens (tertiary/aromatic N) is 2. The molecule has 3 rings (SSSR count). The number of nitro groups is 1. The second-order valence-corrected chi connectivity index (χ2v) is 10.2. The van der Waals surface area contributed by atoms with Crippen LogP contribution in [0.4, 0.5) is 5.69 Å². The van der Waals surface area contributed by atoms with Crippen molar-refractivity contribution < 1.29 is 52.6 Å². The number of hydrogen-bond acceptors (Lipinski definition) is 14. The Morgan fingerprint density at radius 3 is 2.05 bits per heavy atom. The number of carbonyl (C=O) groups is 5. The maximum atomic E-state index is 13.5. The van der Waals surface area contributed by atoms with Gasteiger partial charge in [-0.05, 0) is 23.8 Å². The van der Waals surface area contributed by atoms with Gasteiger partial charge in [0.25, 0.3) is 11.6 Å². The Bertz CT molecular complexity index is 1260. The van der Waals surface area contributed by atoms with E-state index in [4.69, 9.17) is 35.9 Å². The predicted octanol–water partition coefficient (Wildman–Crippen LogP) is 1.88. The van der Waals surface area contributed by atoms with Crippen molar-refractivity contribution in [1.82, 2.24) is 4.90 Å². The molecule has 16 heteroatoms. The van der Waals surface area contributed by atoms with Gasteiger partial charge in [0.05, 0.1) is 9.83 Å². The third kappa shape index (κ3) is 7.40. The number of thiocarbonyl (C=S) groups is 1. The van der Waals surface area contributed by atoms with E-state index >= 15 is 0 Å². The van der Waals surface area contributed by atoms with Gasteiger partial charge in [0.2, 0.25) is 0 Å². The van der Waals surface area contributed by atoms with Crippen molar-refractivity contribution in [2.75, 3.05) is 6.61 Å². The summed E-state index contributed by atoms with van der Waals surface area (Å²) in [7, 11) is 0. The molecule has 0 spiro atoms. The molecule has 2 fully saturated rings. The number of carbonyl (C=O) groups excluding carboxylic acids is 5. The fourth-order valence-corrected chi connectivity index (χ4v) is 5.27. The summed E-state index contributed by atoms with van der Waals surface area (Å²) < 4.78 is 27.2. The molecular formula is C24H24N2O12S2. The van der Waals surface area contributed by atoms with E-state index in [9.17, 15) is 34.1 Å². The Labute approximate surface area is 237 Å². The summed E-state index contributed by atoms with van der Waals surface area (Å²) in [6, 6.07) is 5.43. The first kappa shape index (κ1) is 30.6. The number of non-ortho nitro benzene ring substituents is 1. The van der Waals surface area contributed by atoms with Crippen LogP contribution in [0.5, 0.6) is 0 Å². The number of rotatable bonds is 8. The average Bonchev–Trinajstić information content (AvgIpc) is 3.12. The summed E-state index contributed by atoms with van der Waals surface area (Å²) >= 11 is 6.31. The van der Waals surface area contributed by atoms with Gasteiger partial charge in [-0.3, -0.25) is 39.0 Å². The van der Waals surface area contributed by atoms with Crippen LogP contribution in [0.2, 0.25) is 0 Å². The smallest absolute Gasteiger partial charge is 0.303 e. The Balaban J connectivity index is 2.03. The van der Waals surface area contributed by atoms with Gasteiger partial charge in [-0.15, -0.1) is 0 Å². The SMILES string of the molecule is CC(=O)OC[C@@H]1O[C@H](N2C(=O)/C(=C\c3ccc([N+](=O)[O-])cc3)SC2=S)[C@H](OC(C)=O)[C@H](OC(C)=O)[C@@H]1OC(C)=O. The highest BCUT2D eigenvalue weighted by Crippen LogP contribution is 2.39. The molecule has 2 saturated heterocycles. The predicted molar refractivity (Wildman–Crippen MR) is 140 cm³/mol. The lowest BCUT2D eigenvalue weighted by Gasteiger charge is -2.46. The lowest BCUT2D eigenvalue weighted by molar-refractivity contribution is -0.384. The fraction of sp³-hybridized carbons (Fsp3) is 0.417. The molecule has 0 aliphatic carbocycles. The van der Waals surface area contributed by atoms with Gasteiger partial charge in [-0.1, -0.05) is 24.0 Å². The van der Waals surface area contributed by atoms with Gasteiger partial charge < -0.3 is 23.7 Å². The van der Waals surface area contributed by atoms with E-state index in [1.807, 2.05) is 0 Å². The quantitative estimate of drug-likeness (QED) is 0.106. The maximum Gasteiger partial charge on any atom is 0.303 e. The number of amides is 1. The molecule has 1 aromatic carbocycles. The van der Waals surface area contributed by atoms with Gasteiger partial charge in [-0.2, -0.15) is 0 Å². The van der Waals surface area contributed by atoms with E-state index < -0.39 is 72.0 Å². The summed E-state index contributed by atoms with van der Waals surface area (Å²) in [6.07, 6.45) is -5.69. The molecule has 0 radical (unpaired) electrons. The van der Waals surface area contributed by atoms with Gasteiger partial charge in [0.1, 0.15) is 12.7 Å². The van der Waals surface area contributed by atoms with Crippen molar-refractivity contribution in [3.63, 3.8) is 0 Å². The minimum Gasteiger partial charge on any atom is -0.463 e. The second-order valence-electron chi connectivity index (χ2n) is 8.49. The highest BCUT2D eigenvalue weighted by Gasteiger charge is 2.56. The largest absolute Gasteiger partial charge is 0.463 e. The highest BCUT2D eigenvalue weighted by molar-refractivity contribution is 8.26. The first-order valence-corrected chi connectivity index (χ1v) is 12.8. The van der Waals surface area contributed by atoms with Crippen molar-refractivity contribution in [2.24, 2.45) is 0 Å². The molecule has 0 unspecified atom stereocenters. The summed E-state index contributed by atoms with van der Waals surface area (Å²) in [5.74, 6) is -3.81. The number of nitro benzene ring substituents is 1. The standard InChI is InChI=1S/C24H24N2O12S2/c1-11(27)34-10-17-19(35-12(2)28)20(36-13(3)29)21(37-14(4)30)23(38-17)25-22(31)18(40-24(25)39)9-15-5-7-16(8-6-15)26(32)33/h5-9,17,19-21,23H,10H2,1-4H3/b18-9+/t17-,19+,20+,21+,23-/m0/s1. The summed E-state index contributed by atoms with van der Waals surface area (Å²) in [6.45, 7) is 3.91. The molecule has 0 N–H and O–H groups in total. The van der Waals surface area contributed by atoms with Gasteiger partial charge in [0.15, 0.2) is 28.9 Å². The van der Waals surface area contributed by atoms with E-state index in [0.29, 0.717) is 5.56 Å². The molecule has 214 valence electrons. The van der Waals surface area contributed by atoms with Crippen LogP contribution in [0, 0.1) is 10.1 Å². The van der Waals surface area contributed by atoms with Crippen LogP contribution < -0.4 is 0 Å².